The van der Waals surface area contributed by atoms with E-state index in [1.165, 1.54) is 0 Å². The molecular weight excluding hydrogens is 320 g/mol. The largest absolute Gasteiger partial charge is 0.496 e. The number of nitrogens with one attached hydrogen (secondary N) is 1. The van der Waals surface area contributed by atoms with Crippen LogP contribution in [0.3, 0.4) is 0 Å². The van der Waals surface area contributed by atoms with E-state index in [0.29, 0.717) is 12.8 Å². The fraction of sp³-hybridized carbons (Fsp3) is 0.474. The molecule has 1 amide bonds. The molecule has 1 atom stereocenters. The third-order valence-corrected chi connectivity index (χ3v) is 5.29. The lowest BCUT2D eigenvalue weighted by atomic mass is 9.78. The first-order valence-electron chi connectivity index (χ1n) is 8.60. The summed E-state index contributed by atoms with van der Waals surface area (Å²) < 4.78 is 5.33. The van der Waals surface area contributed by atoms with Crippen LogP contribution in [-0.2, 0) is 9.59 Å². The van der Waals surface area contributed by atoms with Gasteiger partial charge in [-0.15, -0.1) is 0 Å². The minimum absolute atomic E-state index is 0.100. The number of carboxylic acids is 1. The number of para-hydroxylation sites is 1. The number of carbonyl (C=O) groups excluding carboxylic acids is 1. The van der Waals surface area contributed by atoms with Crippen molar-refractivity contribution in [2.45, 2.75) is 24.8 Å². The fourth-order valence-corrected chi connectivity index (χ4v) is 3.86. The third kappa shape index (κ3) is 3.69. The Bertz CT molecular complexity index is 678. The molecule has 0 bridgehead atoms. The molecule has 6 heteroatoms. The van der Waals surface area contributed by atoms with Gasteiger partial charge in [0.25, 0.3) is 0 Å². The second kappa shape index (κ2) is 7.27. The Morgan fingerprint density at radius 1 is 1.40 bits per heavy atom. The van der Waals surface area contributed by atoms with Crippen LogP contribution in [0, 0.1) is 5.92 Å². The molecule has 2 aliphatic heterocycles. The number of piperidine rings is 1. The van der Waals surface area contributed by atoms with Gasteiger partial charge in [0.15, 0.2) is 0 Å². The fourth-order valence-electron chi connectivity index (χ4n) is 3.86. The Balaban J connectivity index is 1.57. The van der Waals surface area contributed by atoms with Crippen molar-refractivity contribution in [2.75, 3.05) is 26.7 Å². The minimum Gasteiger partial charge on any atom is -0.496 e. The monoisotopic (exact) mass is 344 g/mol. The van der Waals surface area contributed by atoms with E-state index >= 15 is 0 Å². The standard InChI is InChI=1S/C19H24N2O4/c1-25-16-7-3-2-5-14(16)6-4-10-21-11-8-19(9-12-21)15(18(23)24)13-17(22)20-19/h2-7,15H,8-13H2,1H3,(H,20,22)(H,23,24)/b6-4+/t15-/m1/s1. The number of rotatable bonds is 5. The Morgan fingerprint density at radius 3 is 2.80 bits per heavy atom. The van der Waals surface area contributed by atoms with Gasteiger partial charge in [-0.1, -0.05) is 30.4 Å². The van der Waals surface area contributed by atoms with E-state index in [9.17, 15) is 14.7 Å². The predicted molar refractivity (Wildman–Crippen MR) is 94.3 cm³/mol. The average Bonchev–Trinajstić information content (AvgIpc) is 2.93. The first-order valence-corrected chi connectivity index (χ1v) is 8.60. The summed E-state index contributed by atoms with van der Waals surface area (Å²) in [6.07, 6.45) is 5.60. The van der Waals surface area contributed by atoms with E-state index in [1.54, 1.807) is 7.11 Å². The zero-order valence-electron chi connectivity index (χ0n) is 14.4. The van der Waals surface area contributed by atoms with E-state index in [1.807, 2.05) is 30.3 Å². The van der Waals surface area contributed by atoms with Gasteiger partial charge in [-0.25, -0.2) is 0 Å². The van der Waals surface area contributed by atoms with Gasteiger partial charge >= 0.3 is 5.97 Å². The van der Waals surface area contributed by atoms with Crippen LogP contribution in [0.2, 0.25) is 0 Å². The van der Waals surface area contributed by atoms with Gasteiger partial charge in [0.1, 0.15) is 5.75 Å². The highest BCUT2D eigenvalue weighted by Crippen LogP contribution is 2.36. The van der Waals surface area contributed by atoms with Crippen molar-refractivity contribution in [1.29, 1.82) is 0 Å². The van der Waals surface area contributed by atoms with E-state index < -0.39 is 17.4 Å². The molecule has 0 aromatic heterocycles. The number of methoxy groups -OCH3 is 1. The molecule has 134 valence electrons. The number of carboxylic acid groups (broad SMARTS) is 1. The van der Waals surface area contributed by atoms with Gasteiger partial charge in [0, 0.05) is 31.6 Å². The van der Waals surface area contributed by atoms with Crippen LogP contribution in [0.1, 0.15) is 24.8 Å². The molecule has 3 rings (SSSR count). The van der Waals surface area contributed by atoms with Crippen molar-refractivity contribution in [1.82, 2.24) is 10.2 Å². The molecular formula is C19H24N2O4. The lowest BCUT2D eigenvalue weighted by Gasteiger charge is -2.41. The highest BCUT2D eigenvalue weighted by molar-refractivity contribution is 5.88. The van der Waals surface area contributed by atoms with Gasteiger partial charge in [0.05, 0.1) is 18.6 Å². The van der Waals surface area contributed by atoms with Crippen LogP contribution >= 0.6 is 0 Å². The maximum absolute atomic E-state index is 11.7. The lowest BCUT2D eigenvalue weighted by Crippen LogP contribution is -2.55. The number of hydrogen-bond acceptors (Lipinski definition) is 4. The van der Waals surface area contributed by atoms with Gasteiger partial charge in [0.2, 0.25) is 5.91 Å². The molecule has 2 fully saturated rings. The third-order valence-electron chi connectivity index (χ3n) is 5.29. The van der Waals surface area contributed by atoms with E-state index in [-0.39, 0.29) is 12.3 Å². The molecule has 0 radical (unpaired) electrons. The molecule has 2 saturated heterocycles. The van der Waals surface area contributed by atoms with Gasteiger partial charge in [-0.05, 0) is 18.9 Å². The lowest BCUT2D eigenvalue weighted by molar-refractivity contribution is -0.144. The summed E-state index contributed by atoms with van der Waals surface area (Å²) in [5, 5.41) is 12.3. The zero-order valence-corrected chi connectivity index (χ0v) is 14.4. The smallest absolute Gasteiger partial charge is 0.309 e. The van der Waals surface area contributed by atoms with Crippen LogP contribution in [-0.4, -0.2) is 54.2 Å². The zero-order chi connectivity index (χ0) is 17.9. The van der Waals surface area contributed by atoms with E-state index in [2.05, 4.69) is 16.3 Å². The number of amides is 1. The summed E-state index contributed by atoms with van der Waals surface area (Å²) in [7, 11) is 1.66. The second-order valence-corrected chi connectivity index (χ2v) is 6.74. The molecule has 1 spiro atoms. The van der Waals surface area contributed by atoms with Gasteiger partial charge < -0.3 is 15.2 Å². The van der Waals surface area contributed by atoms with Crippen LogP contribution in [0.4, 0.5) is 0 Å². The van der Waals surface area contributed by atoms with Gasteiger partial charge in [-0.2, -0.15) is 0 Å². The highest BCUT2D eigenvalue weighted by atomic mass is 16.5. The number of hydrogen-bond donors (Lipinski definition) is 2. The molecule has 1 aromatic carbocycles. The molecule has 25 heavy (non-hydrogen) atoms. The Labute approximate surface area is 147 Å². The van der Waals surface area contributed by atoms with Crippen molar-refractivity contribution in [2.24, 2.45) is 5.92 Å². The summed E-state index contributed by atoms with van der Waals surface area (Å²) in [6, 6.07) is 7.85. The van der Waals surface area contributed by atoms with Crippen molar-refractivity contribution >= 4 is 18.0 Å². The number of likely N-dealkylation sites (tertiary alicyclic amines) is 1. The predicted octanol–water partition coefficient (Wildman–Crippen LogP) is 1.76. The quantitative estimate of drug-likeness (QED) is 0.851. The van der Waals surface area contributed by atoms with Gasteiger partial charge in [-0.3, -0.25) is 14.5 Å². The molecule has 0 aliphatic carbocycles. The minimum atomic E-state index is -0.872. The summed E-state index contributed by atoms with van der Waals surface area (Å²) in [6.45, 7) is 2.35. The van der Waals surface area contributed by atoms with Crippen LogP contribution in [0.5, 0.6) is 5.75 Å². The highest BCUT2D eigenvalue weighted by Gasteiger charge is 2.51. The first kappa shape index (κ1) is 17.5. The maximum Gasteiger partial charge on any atom is 0.309 e. The number of carbonyl (C=O) groups is 2. The van der Waals surface area contributed by atoms with Crippen molar-refractivity contribution in [3.63, 3.8) is 0 Å². The van der Waals surface area contributed by atoms with Crippen LogP contribution < -0.4 is 10.1 Å². The second-order valence-electron chi connectivity index (χ2n) is 6.74. The molecule has 0 saturated carbocycles. The van der Waals surface area contributed by atoms with Crippen molar-refractivity contribution in [3.8, 4) is 5.75 Å². The summed E-state index contributed by atoms with van der Waals surface area (Å²) in [5.41, 5.74) is 0.471. The number of benzene rings is 1. The first-order chi connectivity index (χ1) is 12.0. The topological polar surface area (TPSA) is 78.9 Å². The summed E-state index contributed by atoms with van der Waals surface area (Å²) in [5.74, 6) is -0.777. The number of aliphatic carboxylic acids is 1. The number of ether oxygens (including phenoxy) is 1. The molecule has 1 aromatic rings. The van der Waals surface area contributed by atoms with E-state index in [0.717, 1.165) is 30.9 Å². The average molecular weight is 344 g/mol. The molecule has 2 aliphatic rings. The van der Waals surface area contributed by atoms with Crippen molar-refractivity contribution < 1.29 is 19.4 Å². The molecule has 6 nitrogen and oxygen atoms in total. The van der Waals surface area contributed by atoms with Crippen molar-refractivity contribution in [3.05, 3.63) is 35.9 Å². The molecule has 2 heterocycles. The SMILES string of the molecule is COc1ccccc1/C=C/CN1CCC2(CC1)NC(=O)C[C@@H]2C(=O)O. The van der Waals surface area contributed by atoms with E-state index in [4.69, 9.17) is 4.74 Å². The molecule has 0 unspecified atom stereocenters. The van der Waals surface area contributed by atoms with Crippen LogP contribution in [0.15, 0.2) is 30.3 Å². The van der Waals surface area contributed by atoms with Crippen LogP contribution in [0.25, 0.3) is 6.08 Å². The Hall–Kier alpha value is -2.34. The Morgan fingerprint density at radius 2 is 2.12 bits per heavy atom. The maximum atomic E-state index is 11.7. The summed E-state index contributed by atoms with van der Waals surface area (Å²) in [4.78, 5) is 25.4. The summed E-state index contributed by atoms with van der Waals surface area (Å²) >= 11 is 0. The Kier molecular flexibility index (Phi) is 5.08. The normalized spacial score (nSPS) is 23.1. The molecule has 2 N–H and O–H groups in total. The number of nitrogens with zero attached hydrogens (tertiary/aromatic N) is 1.